The summed E-state index contributed by atoms with van der Waals surface area (Å²) in [6, 6.07) is 7.54. The van der Waals surface area contributed by atoms with Gasteiger partial charge in [-0.3, -0.25) is 4.79 Å². The lowest BCUT2D eigenvalue weighted by Crippen LogP contribution is -2.36. The molecule has 0 aliphatic carbocycles. The Labute approximate surface area is 120 Å². The highest BCUT2D eigenvalue weighted by Crippen LogP contribution is 2.08. The van der Waals surface area contributed by atoms with Crippen molar-refractivity contribution in [3.63, 3.8) is 0 Å². The highest BCUT2D eigenvalue weighted by Gasteiger charge is 2.15. The zero-order valence-corrected chi connectivity index (χ0v) is 12.7. The molecule has 0 fully saturated rings. The smallest absolute Gasteiger partial charge is 0.253 e. The molecule has 112 valence electrons. The molecule has 1 rings (SSSR count). The van der Waals surface area contributed by atoms with Crippen LogP contribution in [0.5, 0.6) is 0 Å². The number of rotatable bonds is 7. The molecule has 1 unspecified atom stereocenters. The van der Waals surface area contributed by atoms with Crippen molar-refractivity contribution in [1.82, 2.24) is 9.80 Å². The third-order valence-electron chi connectivity index (χ3n) is 2.89. The van der Waals surface area contributed by atoms with E-state index in [0.29, 0.717) is 5.56 Å². The van der Waals surface area contributed by atoms with Gasteiger partial charge in [0.25, 0.3) is 5.91 Å². The fourth-order valence-electron chi connectivity index (χ4n) is 1.98. The first-order chi connectivity index (χ1) is 9.43. The van der Waals surface area contributed by atoms with Gasteiger partial charge in [0.15, 0.2) is 0 Å². The van der Waals surface area contributed by atoms with E-state index >= 15 is 0 Å². The summed E-state index contributed by atoms with van der Waals surface area (Å²) in [5.74, 6) is -0.100. The Balaban J connectivity index is 2.62. The van der Waals surface area contributed by atoms with Crippen LogP contribution in [0, 0.1) is 0 Å². The molecule has 0 saturated carbocycles. The second kappa shape index (κ2) is 7.99. The average molecular weight is 280 g/mol. The fourth-order valence-corrected chi connectivity index (χ4v) is 1.98. The molecule has 0 aliphatic heterocycles. The average Bonchev–Trinajstić information content (AvgIpc) is 2.38. The third-order valence-corrected chi connectivity index (χ3v) is 2.89. The first-order valence-electron chi connectivity index (χ1n) is 6.60. The molecule has 5 nitrogen and oxygen atoms in total. The second-order valence-electron chi connectivity index (χ2n) is 5.23. The Morgan fingerprint density at radius 3 is 2.35 bits per heavy atom. The largest absolute Gasteiger partial charge is 0.389 e. The van der Waals surface area contributed by atoms with Gasteiger partial charge in [-0.2, -0.15) is 0 Å². The molecule has 0 heterocycles. The van der Waals surface area contributed by atoms with E-state index in [1.54, 1.807) is 7.05 Å². The molecule has 0 radical (unpaired) electrons. The lowest BCUT2D eigenvalue weighted by Gasteiger charge is -2.20. The normalized spacial score (nSPS) is 12.5. The quantitative estimate of drug-likeness (QED) is 0.804. The Hall–Kier alpha value is -1.43. The maximum Gasteiger partial charge on any atom is 0.253 e. The zero-order valence-electron chi connectivity index (χ0n) is 12.7. The number of amides is 1. The van der Waals surface area contributed by atoms with Crippen molar-refractivity contribution >= 4 is 5.91 Å². The minimum atomic E-state index is -0.665. The molecule has 1 amide bonds. The molecular formula is C15H24N2O3. The first kappa shape index (κ1) is 16.6. The van der Waals surface area contributed by atoms with Crippen molar-refractivity contribution in [2.75, 3.05) is 41.4 Å². The van der Waals surface area contributed by atoms with Gasteiger partial charge < -0.3 is 19.6 Å². The zero-order chi connectivity index (χ0) is 15.1. The van der Waals surface area contributed by atoms with E-state index in [1.165, 1.54) is 12.0 Å². The van der Waals surface area contributed by atoms with E-state index in [4.69, 9.17) is 4.74 Å². The van der Waals surface area contributed by atoms with Gasteiger partial charge in [-0.05, 0) is 31.8 Å². The molecule has 1 aromatic carbocycles. The SMILES string of the molecule is COCC(O)CN(C)C(=O)c1ccc(CN(C)C)cc1. The summed E-state index contributed by atoms with van der Waals surface area (Å²) in [6.07, 6.45) is -0.665. The van der Waals surface area contributed by atoms with Crippen LogP contribution in [-0.2, 0) is 11.3 Å². The standard InChI is InChI=1S/C15H24N2O3/c1-16(2)9-12-5-7-13(8-6-12)15(19)17(3)10-14(18)11-20-4/h5-8,14,18H,9-11H2,1-4H3. The Morgan fingerprint density at radius 1 is 1.25 bits per heavy atom. The van der Waals surface area contributed by atoms with Crippen molar-refractivity contribution in [1.29, 1.82) is 0 Å². The Kier molecular flexibility index (Phi) is 6.64. The van der Waals surface area contributed by atoms with Gasteiger partial charge in [0, 0.05) is 32.8 Å². The number of carbonyl (C=O) groups is 1. The number of nitrogens with zero attached hydrogens (tertiary/aromatic N) is 2. The number of aliphatic hydroxyl groups is 1. The second-order valence-corrected chi connectivity index (χ2v) is 5.23. The number of benzene rings is 1. The number of ether oxygens (including phenoxy) is 1. The highest BCUT2D eigenvalue weighted by molar-refractivity contribution is 5.94. The van der Waals surface area contributed by atoms with Crippen LogP contribution < -0.4 is 0 Å². The predicted octanol–water partition coefficient (Wildman–Crippen LogP) is 0.827. The van der Waals surface area contributed by atoms with Crippen LogP contribution in [0.2, 0.25) is 0 Å². The number of aliphatic hydroxyl groups excluding tert-OH is 1. The minimum absolute atomic E-state index is 0.100. The van der Waals surface area contributed by atoms with Crippen molar-refractivity contribution in [3.05, 3.63) is 35.4 Å². The van der Waals surface area contributed by atoms with Gasteiger partial charge in [-0.25, -0.2) is 0 Å². The molecule has 5 heteroatoms. The van der Waals surface area contributed by atoms with E-state index in [2.05, 4.69) is 4.90 Å². The van der Waals surface area contributed by atoms with E-state index in [-0.39, 0.29) is 19.1 Å². The summed E-state index contributed by atoms with van der Waals surface area (Å²) in [5, 5.41) is 9.63. The van der Waals surface area contributed by atoms with Crippen LogP contribution >= 0.6 is 0 Å². The molecule has 1 N–H and O–H groups in total. The van der Waals surface area contributed by atoms with Crippen LogP contribution in [-0.4, -0.2) is 68.3 Å². The van der Waals surface area contributed by atoms with Crippen LogP contribution in [0.4, 0.5) is 0 Å². The fraction of sp³-hybridized carbons (Fsp3) is 0.533. The van der Waals surface area contributed by atoms with Gasteiger partial charge in [-0.15, -0.1) is 0 Å². The number of carbonyl (C=O) groups excluding carboxylic acids is 1. The van der Waals surface area contributed by atoms with Crippen LogP contribution in [0.25, 0.3) is 0 Å². The van der Waals surface area contributed by atoms with Crippen LogP contribution in [0.1, 0.15) is 15.9 Å². The molecular weight excluding hydrogens is 256 g/mol. The third kappa shape index (κ3) is 5.28. The van der Waals surface area contributed by atoms with Gasteiger partial charge in [0.2, 0.25) is 0 Å². The predicted molar refractivity (Wildman–Crippen MR) is 78.7 cm³/mol. The van der Waals surface area contributed by atoms with E-state index in [0.717, 1.165) is 12.1 Å². The van der Waals surface area contributed by atoms with Crippen LogP contribution in [0.3, 0.4) is 0 Å². The monoisotopic (exact) mass is 280 g/mol. The number of methoxy groups -OCH3 is 1. The number of hydrogen-bond acceptors (Lipinski definition) is 4. The lowest BCUT2D eigenvalue weighted by molar-refractivity contribution is 0.0380. The summed E-state index contributed by atoms with van der Waals surface area (Å²) in [4.78, 5) is 15.8. The molecule has 0 bridgehead atoms. The Bertz CT molecular complexity index is 418. The van der Waals surface area contributed by atoms with E-state index < -0.39 is 6.10 Å². The molecule has 1 aromatic rings. The molecule has 0 saturated heterocycles. The van der Waals surface area contributed by atoms with Gasteiger partial charge in [0.1, 0.15) is 0 Å². The van der Waals surface area contributed by atoms with Gasteiger partial charge in [0.05, 0.1) is 12.7 Å². The number of hydrogen-bond donors (Lipinski definition) is 1. The maximum atomic E-state index is 12.2. The topological polar surface area (TPSA) is 53.0 Å². The first-order valence-corrected chi connectivity index (χ1v) is 6.60. The Morgan fingerprint density at radius 2 is 1.85 bits per heavy atom. The maximum absolute atomic E-state index is 12.2. The molecule has 0 spiro atoms. The van der Waals surface area contributed by atoms with Crippen molar-refractivity contribution < 1.29 is 14.6 Å². The van der Waals surface area contributed by atoms with Crippen molar-refractivity contribution in [2.45, 2.75) is 12.6 Å². The minimum Gasteiger partial charge on any atom is -0.389 e. The summed E-state index contributed by atoms with van der Waals surface area (Å²) in [6.45, 7) is 1.32. The molecule has 0 aromatic heterocycles. The summed E-state index contributed by atoms with van der Waals surface area (Å²) >= 11 is 0. The van der Waals surface area contributed by atoms with Gasteiger partial charge in [-0.1, -0.05) is 12.1 Å². The summed E-state index contributed by atoms with van der Waals surface area (Å²) < 4.78 is 4.85. The van der Waals surface area contributed by atoms with Crippen LogP contribution in [0.15, 0.2) is 24.3 Å². The highest BCUT2D eigenvalue weighted by atomic mass is 16.5. The van der Waals surface area contributed by atoms with E-state index in [9.17, 15) is 9.90 Å². The van der Waals surface area contributed by atoms with Crippen molar-refractivity contribution in [2.24, 2.45) is 0 Å². The van der Waals surface area contributed by atoms with Gasteiger partial charge >= 0.3 is 0 Å². The summed E-state index contributed by atoms with van der Waals surface area (Å²) in [7, 11) is 7.21. The van der Waals surface area contributed by atoms with Crippen molar-refractivity contribution in [3.8, 4) is 0 Å². The number of likely N-dealkylation sites (N-methyl/N-ethyl adjacent to an activating group) is 1. The molecule has 1 atom stereocenters. The summed E-state index contributed by atoms with van der Waals surface area (Å²) in [5.41, 5.74) is 1.79. The lowest BCUT2D eigenvalue weighted by atomic mass is 10.1. The van der Waals surface area contributed by atoms with E-state index in [1.807, 2.05) is 38.4 Å². The molecule has 20 heavy (non-hydrogen) atoms. The molecule has 0 aliphatic rings.